The van der Waals surface area contributed by atoms with Crippen LogP contribution in [0.25, 0.3) is 11.1 Å². The van der Waals surface area contributed by atoms with Crippen molar-refractivity contribution in [3.05, 3.63) is 89.2 Å². The average molecular weight is 531 g/mol. The Kier molecular flexibility index (Phi) is 8.48. The lowest BCUT2D eigenvalue weighted by Crippen LogP contribution is -2.39. The maximum Gasteiger partial charge on any atom is 0.326 e. The molecule has 204 valence electrons. The van der Waals surface area contributed by atoms with E-state index in [4.69, 9.17) is 4.74 Å². The molecule has 0 aromatic heterocycles. The van der Waals surface area contributed by atoms with Crippen LogP contribution in [0.15, 0.2) is 66.7 Å². The van der Waals surface area contributed by atoms with Crippen molar-refractivity contribution in [2.24, 2.45) is 0 Å². The second kappa shape index (κ2) is 11.8. The minimum atomic E-state index is -0.749. The van der Waals surface area contributed by atoms with Gasteiger partial charge in [-0.15, -0.1) is 0 Å². The van der Waals surface area contributed by atoms with E-state index in [9.17, 15) is 18.8 Å². The first-order chi connectivity index (χ1) is 18.5. The molecule has 6 nitrogen and oxygen atoms in total. The van der Waals surface area contributed by atoms with E-state index in [1.165, 1.54) is 17.0 Å². The number of hydrogen-bond acceptors (Lipinski definition) is 4. The van der Waals surface area contributed by atoms with Gasteiger partial charge in [-0.25, -0.2) is 4.39 Å². The molecule has 0 saturated heterocycles. The van der Waals surface area contributed by atoms with Crippen molar-refractivity contribution in [1.82, 2.24) is 5.32 Å². The molecule has 1 saturated carbocycles. The summed E-state index contributed by atoms with van der Waals surface area (Å²) in [6.07, 6.45) is 4.25. The standard InChI is InChI=1S/C32H35FN2O4/c1-21-10-7-17-27(33)29(21)31(38)35(20-28(36)39-32(2,3)4)26-16-9-12-23(19-26)22-11-8-13-24(18-22)30(37)34-25-14-5-6-15-25/h7-13,16-19,25H,5-6,14-15,20H2,1-4H3,(H,34,37). The smallest absolute Gasteiger partial charge is 0.326 e. The van der Waals surface area contributed by atoms with Crippen LogP contribution in [-0.2, 0) is 9.53 Å². The molecule has 1 fully saturated rings. The molecular weight excluding hydrogens is 495 g/mol. The van der Waals surface area contributed by atoms with Crippen molar-refractivity contribution in [3.63, 3.8) is 0 Å². The van der Waals surface area contributed by atoms with Gasteiger partial charge in [-0.1, -0.05) is 49.2 Å². The van der Waals surface area contributed by atoms with Gasteiger partial charge in [-0.2, -0.15) is 0 Å². The topological polar surface area (TPSA) is 75.7 Å². The summed E-state index contributed by atoms with van der Waals surface area (Å²) in [6, 6.07) is 19.0. The molecule has 0 atom stereocenters. The molecular formula is C32H35FN2O4. The zero-order valence-corrected chi connectivity index (χ0v) is 22.9. The van der Waals surface area contributed by atoms with E-state index in [0.29, 0.717) is 16.8 Å². The van der Waals surface area contributed by atoms with Crippen LogP contribution in [-0.4, -0.2) is 36.0 Å². The van der Waals surface area contributed by atoms with Crippen LogP contribution in [0.1, 0.15) is 72.7 Å². The Hall–Kier alpha value is -4.00. The first kappa shape index (κ1) is 28.0. The van der Waals surface area contributed by atoms with Crippen molar-refractivity contribution in [2.45, 2.75) is 65.0 Å². The van der Waals surface area contributed by atoms with Crippen LogP contribution in [0, 0.1) is 12.7 Å². The van der Waals surface area contributed by atoms with Crippen LogP contribution in [0.4, 0.5) is 10.1 Å². The lowest BCUT2D eigenvalue weighted by atomic mass is 10.0. The number of halogens is 1. The Labute approximate surface area is 229 Å². The molecule has 7 heteroatoms. The van der Waals surface area contributed by atoms with Crippen LogP contribution < -0.4 is 10.2 Å². The van der Waals surface area contributed by atoms with Gasteiger partial charge in [0.05, 0.1) is 5.56 Å². The fourth-order valence-electron chi connectivity index (χ4n) is 4.85. The van der Waals surface area contributed by atoms with Crippen LogP contribution in [0.2, 0.25) is 0 Å². The number of aryl methyl sites for hydroxylation is 1. The lowest BCUT2D eigenvalue weighted by Gasteiger charge is -2.26. The van der Waals surface area contributed by atoms with Crippen LogP contribution in [0.5, 0.6) is 0 Å². The molecule has 0 spiro atoms. The summed E-state index contributed by atoms with van der Waals surface area (Å²) < 4.78 is 20.3. The Morgan fingerprint density at radius 3 is 2.26 bits per heavy atom. The van der Waals surface area contributed by atoms with Gasteiger partial charge in [0.25, 0.3) is 11.8 Å². The molecule has 39 heavy (non-hydrogen) atoms. The summed E-state index contributed by atoms with van der Waals surface area (Å²) in [6.45, 7) is 6.50. The molecule has 4 rings (SSSR count). The van der Waals surface area contributed by atoms with Gasteiger partial charge < -0.3 is 10.1 Å². The normalized spacial score (nSPS) is 13.7. The summed E-state index contributed by atoms with van der Waals surface area (Å²) >= 11 is 0. The van der Waals surface area contributed by atoms with E-state index >= 15 is 0 Å². The van der Waals surface area contributed by atoms with Crippen molar-refractivity contribution in [1.29, 1.82) is 0 Å². The maximum absolute atomic E-state index is 14.8. The highest BCUT2D eigenvalue weighted by Gasteiger charge is 2.27. The van der Waals surface area contributed by atoms with Gasteiger partial charge in [-0.05, 0) is 87.6 Å². The number of hydrogen-bond donors (Lipinski definition) is 1. The first-order valence-electron chi connectivity index (χ1n) is 13.3. The molecule has 0 unspecified atom stereocenters. The molecule has 0 bridgehead atoms. The second-order valence-electron chi connectivity index (χ2n) is 11.0. The van der Waals surface area contributed by atoms with Gasteiger partial charge in [0.15, 0.2) is 0 Å². The van der Waals surface area contributed by atoms with Crippen LogP contribution in [0.3, 0.4) is 0 Å². The quantitative estimate of drug-likeness (QED) is 0.356. The molecule has 1 N–H and O–H groups in total. The Morgan fingerprint density at radius 2 is 1.59 bits per heavy atom. The molecule has 3 aromatic rings. The summed E-state index contributed by atoms with van der Waals surface area (Å²) in [5, 5.41) is 3.11. The van der Waals surface area contributed by atoms with E-state index in [1.54, 1.807) is 58.0 Å². The summed E-state index contributed by atoms with van der Waals surface area (Å²) in [5.41, 5.74) is 2.10. The number of carbonyl (C=O) groups is 3. The molecule has 0 heterocycles. The average Bonchev–Trinajstić information content (AvgIpc) is 3.39. The number of esters is 1. The van der Waals surface area contributed by atoms with Crippen molar-refractivity contribution in [3.8, 4) is 11.1 Å². The summed E-state index contributed by atoms with van der Waals surface area (Å²) in [7, 11) is 0. The highest BCUT2D eigenvalue weighted by atomic mass is 19.1. The molecule has 1 aliphatic carbocycles. The minimum absolute atomic E-state index is 0.1000. The fourth-order valence-corrected chi connectivity index (χ4v) is 4.85. The number of benzene rings is 3. The third-order valence-corrected chi connectivity index (χ3v) is 6.69. The van der Waals surface area contributed by atoms with E-state index in [-0.39, 0.29) is 17.5 Å². The molecule has 0 radical (unpaired) electrons. The zero-order valence-electron chi connectivity index (χ0n) is 22.9. The number of ether oxygens (including phenoxy) is 1. The van der Waals surface area contributed by atoms with Crippen LogP contribution >= 0.6 is 0 Å². The highest BCUT2D eigenvalue weighted by Crippen LogP contribution is 2.28. The lowest BCUT2D eigenvalue weighted by molar-refractivity contribution is -0.152. The van der Waals surface area contributed by atoms with E-state index in [2.05, 4.69) is 5.32 Å². The second-order valence-corrected chi connectivity index (χ2v) is 11.0. The Morgan fingerprint density at radius 1 is 0.949 bits per heavy atom. The molecule has 2 amide bonds. The van der Waals surface area contributed by atoms with Gasteiger partial charge in [0, 0.05) is 17.3 Å². The molecule has 1 aliphatic rings. The van der Waals surface area contributed by atoms with Gasteiger partial charge >= 0.3 is 5.97 Å². The predicted octanol–water partition coefficient (Wildman–Crippen LogP) is 6.46. The summed E-state index contributed by atoms with van der Waals surface area (Å²) in [5.74, 6) is -2.03. The number of nitrogens with zero attached hydrogens (tertiary/aromatic N) is 1. The SMILES string of the molecule is Cc1cccc(F)c1C(=O)N(CC(=O)OC(C)(C)C)c1cccc(-c2cccc(C(=O)NC3CCCC3)c2)c1. The van der Waals surface area contributed by atoms with Crippen molar-refractivity contribution in [2.75, 3.05) is 11.4 Å². The molecule has 0 aliphatic heterocycles. The number of rotatable bonds is 7. The largest absolute Gasteiger partial charge is 0.459 e. The predicted molar refractivity (Wildman–Crippen MR) is 150 cm³/mol. The van der Waals surface area contributed by atoms with Crippen molar-refractivity contribution < 1.29 is 23.5 Å². The number of amides is 2. The van der Waals surface area contributed by atoms with E-state index in [0.717, 1.165) is 36.8 Å². The van der Waals surface area contributed by atoms with Gasteiger partial charge in [0.2, 0.25) is 0 Å². The Balaban J connectivity index is 1.67. The van der Waals surface area contributed by atoms with E-state index in [1.807, 2.05) is 24.3 Å². The minimum Gasteiger partial charge on any atom is -0.459 e. The first-order valence-corrected chi connectivity index (χ1v) is 13.3. The zero-order chi connectivity index (χ0) is 28.2. The molecule has 3 aromatic carbocycles. The fraction of sp³-hybridized carbons (Fsp3) is 0.344. The van der Waals surface area contributed by atoms with Crippen molar-refractivity contribution >= 4 is 23.5 Å². The van der Waals surface area contributed by atoms with Gasteiger partial charge in [0.1, 0.15) is 18.0 Å². The number of nitrogens with one attached hydrogen (secondary N) is 1. The van der Waals surface area contributed by atoms with E-state index < -0.39 is 29.8 Å². The third kappa shape index (κ3) is 7.11. The van der Waals surface area contributed by atoms with Gasteiger partial charge in [-0.3, -0.25) is 19.3 Å². The third-order valence-electron chi connectivity index (χ3n) is 6.69. The maximum atomic E-state index is 14.8. The monoisotopic (exact) mass is 530 g/mol. The highest BCUT2D eigenvalue weighted by molar-refractivity contribution is 6.09. The summed E-state index contributed by atoms with van der Waals surface area (Å²) in [4.78, 5) is 40.6. The number of anilines is 1. The Bertz CT molecular complexity index is 1350. The number of carbonyl (C=O) groups excluding carboxylic acids is 3.